The van der Waals surface area contributed by atoms with E-state index in [4.69, 9.17) is 15.6 Å². The predicted molar refractivity (Wildman–Crippen MR) is 65.2 cm³/mol. The first-order valence-electron chi connectivity index (χ1n) is 5.66. The maximum absolute atomic E-state index is 9.10. The number of hydrogen-bond acceptors (Lipinski definition) is 5. The molecule has 18 heavy (non-hydrogen) atoms. The third kappa shape index (κ3) is 2.58. The van der Waals surface area contributed by atoms with Crippen LogP contribution in [0.4, 0.5) is 0 Å². The molecule has 0 amide bonds. The first kappa shape index (κ1) is 12.7. The largest absolute Gasteiger partial charge is 0.394 e. The lowest BCUT2D eigenvalue weighted by Crippen LogP contribution is -2.17. The van der Waals surface area contributed by atoms with E-state index in [1.807, 2.05) is 10.8 Å². The maximum atomic E-state index is 9.10. The summed E-state index contributed by atoms with van der Waals surface area (Å²) in [7, 11) is 1.65. The molecular formula is C11H17N5O2. The van der Waals surface area contributed by atoms with Crippen LogP contribution in [0.2, 0.25) is 0 Å². The molecule has 0 bridgehead atoms. The molecule has 2 heterocycles. The van der Waals surface area contributed by atoms with E-state index < -0.39 is 6.04 Å². The van der Waals surface area contributed by atoms with Gasteiger partial charge >= 0.3 is 0 Å². The van der Waals surface area contributed by atoms with Crippen molar-refractivity contribution in [3.05, 3.63) is 30.6 Å². The van der Waals surface area contributed by atoms with Crippen LogP contribution in [0.25, 0.3) is 5.69 Å². The van der Waals surface area contributed by atoms with Crippen molar-refractivity contribution in [2.75, 3.05) is 20.3 Å². The molecule has 3 N–H and O–H groups in total. The highest BCUT2D eigenvalue weighted by Crippen LogP contribution is 2.15. The number of nitrogens with zero attached hydrogens (tertiary/aromatic N) is 4. The first-order valence-corrected chi connectivity index (χ1v) is 5.66. The molecule has 0 aliphatic heterocycles. The van der Waals surface area contributed by atoms with Crippen molar-refractivity contribution in [3.8, 4) is 5.69 Å². The molecule has 7 heteroatoms. The molecule has 0 aliphatic carbocycles. The summed E-state index contributed by atoms with van der Waals surface area (Å²) in [6.45, 7) is 1.17. The van der Waals surface area contributed by atoms with Crippen LogP contribution in [-0.4, -0.2) is 44.8 Å². The Morgan fingerprint density at radius 3 is 3.06 bits per heavy atom. The quantitative estimate of drug-likeness (QED) is 0.736. The number of aliphatic hydroxyl groups excluding tert-OH is 1. The SMILES string of the molecule is COCCn1cc(-n2cncc2C(N)CO)cn1. The molecular weight excluding hydrogens is 234 g/mol. The highest BCUT2D eigenvalue weighted by atomic mass is 16.5. The molecule has 0 aliphatic rings. The van der Waals surface area contributed by atoms with E-state index >= 15 is 0 Å². The summed E-state index contributed by atoms with van der Waals surface area (Å²) >= 11 is 0. The van der Waals surface area contributed by atoms with Crippen LogP contribution >= 0.6 is 0 Å². The Bertz CT molecular complexity index is 493. The van der Waals surface area contributed by atoms with E-state index in [0.29, 0.717) is 13.2 Å². The Morgan fingerprint density at radius 1 is 1.50 bits per heavy atom. The van der Waals surface area contributed by atoms with E-state index in [-0.39, 0.29) is 6.61 Å². The Kier molecular flexibility index (Phi) is 4.08. The summed E-state index contributed by atoms with van der Waals surface area (Å²) in [5.41, 5.74) is 7.42. The van der Waals surface area contributed by atoms with Crippen LogP contribution < -0.4 is 5.73 Å². The normalized spacial score (nSPS) is 12.8. The summed E-state index contributed by atoms with van der Waals surface area (Å²) in [5.74, 6) is 0. The molecule has 1 unspecified atom stereocenters. The number of nitrogens with two attached hydrogens (primary N) is 1. The summed E-state index contributed by atoms with van der Waals surface area (Å²) < 4.78 is 8.59. The Balaban J connectivity index is 2.21. The molecule has 0 aromatic carbocycles. The van der Waals surface area contributed by atoms with Crippen molar-refractivity contribution in [2.24, 2.45) is 5.73 Å². The summed E-state index contributed by atoms with van der Waals surface area (Å²) in [6.07, 6.45) is 6.91. The van der Waals surface area contributed by atoms with Crippen molar-refractivity contribution in [2.45, 2.75) is 12.6 Å². The van der Waals surface area contributed by atoms with Gasteiger partial charge in [0.2, 0.25) is 0 Å². The van der Waals surface area contributed by atoms with Gasteiger partial charge in [-0.2, -0.15) is 5.10 Å². The second kappa shape index (κ2) is 5.76. The van der Waals surface area contributed by atoms with Crippen molar-refractivity contribution in [3.63, 3.8) is 0 Å². The van der Waals surface area contributed by atoms with Gasteiger partial charge in [-0.05, 0) is 0 Å². The van der Waals surface area contributed by atoms with E-state index in [1.165, 1.54) is 0 Å². The maximum Gasteiger partial charge on any atom is 0.0995 e. The van der Waals surface area contributed by atoms with Crippen LogP contribution in [-0.2, 0) is 11.3 Å². The van der Waals surface area contributed by atoms with Gasteiger partial charge in [-0.3, -0.25) is 9.25 Å². The van der Waals surface area contributed by atoms with E-state index in [1.54, 1.807) is 30.5 Å². The molecule has 1 atom stereocenters. The fourth-order valence-corrected chi connectivity index (χ4v) is 1.67. The third-order valence-corrected chi connectivity index (χ3v) is 2.67. The lowest BCUT2D eigenvalue weighted by Gasteiger charge is -2.10. The minimum atomic E-state index is -0.449. The molecule has 0 fully saturated rings. The fraction of sp³-hybridized carbons (Fsp3) is 0.455. The van der Waals surface area contributed by atoms with Crippen LogP contribution in [0.15, 0.2) is 24.9 Å². The number of hydrogen-bond donors (Lipinski definition) is 2. The van der Waals surface area contributed by atoms with Crippen LogP contribution in [0.5, 0.6) is 0 Å². The van der Waals surface area contributed by atoms with Gasteiger partial charge in [0.1, 0.15) is 0 Å². The van der Waals surface area contributed by atoms with Crippen molar-refractivity contribution < 1.29 is 9.84 Å². The monoisotopic (exact) mass is 251 g/mol. The lowest BCUT2D eigenvalue weighted by molar-refractivity contribution is 0.183. The lowest BCUT2D eigenvalue weighted by atomic mass is 10.2. The number of imidazole rings is 1. The van der Waals surface area contributed by atoms with Gasteiger partial charge in [0, 0.05) is 13.3 Å². The highest BCUT2D eigenvalue weighted by Gasteiger charge is 2.12. The van der Waals surface area contributed by atoms with E-state index in [2.05, 4.69) is 10.1 Å². The minimum absolute atomic E-state index is 0.122. The number of aromatic nitrogens is 4. The molecule has 2 aromatic rings. The molecule has 0 saturated heterocycles. The van der Waals surface area contributed by atoms with Gasteiger partial charge in [0.25, 0.3) is 0 Å². The van der Waals surface area contributed by atoms with Gasteiger partial charge in [0.15, 0.2) is 0 Å². The minimum Gasteiger partial charge on any atom is -0.394 e. The smallest absolute Gasteiger partial charge is 0.0995 e. The number of aliphatic hydroxyl groups is 1. The molecule has 98 valence electrons. The first-order chi connectivity index (χ1) is 8.76. The van der Waals surface area contributed by atoms with Gasteiger partial charge in [-0.25, -0.2) is 4.98 Å². The van der Waals surface area contributed by atoms with E-state index in [9.17, 15) is 0 Å². The van der Waals surface area contributed by atoms with Crippen LogP contribution in [0.3, 0.4) is 0 Å². The Hall–Kier alpha value is -1.70. The number of rotatable bonds is 6. The van der Waals surface area contributed by atoms with Crippen molar-refractivity contribution >= 4 is 0 Å². The molecule has 7 nitrogen and oxygen atoms in total. The summed E-state index contributed by atoms with van der Waals surface area (Å²) in [5, 5.41) is 13.3. The zero-order valence-electron chi connectivity index (χ0n) is 10.2. The second-order valence-corrected chi connectivity index (χ2v) is 3.93. The van der Waals surface area contributed by atoms with Crippen LogP contribution in [0.1, 0.15) is 11.7 Å². The molecule has 2 rings (SSSR count). The molecule has 2 aromatic heterocycles. The Morgan fingerprint density at radius 2 is 2.33 bits per heavy atom. The highest BCUT2D eigenvalue weighted by molar-refractivity contribution is 5.29. The standard InChI is InChI=1S/C11H17N5O2/c1-18-3-2-15-6-9(4-14-15)16-8-13-5-11(16)10(12)7-17/h4-6,8,10,17H,2-3,7,12H2,1H3. The number of ether oxygens (including phenoxy) is 1. The van der Waals surface area contributed by atoms with Gasteiger partial charge in [-0.1, -0.05) is 0 Å². The average Bonchev–Trinajstić information content (AvgIpc) is 3.03. The van der Waals surface area contributed by atoms with Gasteiger partial charge in [0.05, 0.1) is 55.9 Å². The topological polar surface area (TPSA) is 91.1 Å². The predicted octanol–water partition coefficient (Wildman–Crippen LogP) is -0.293. The summed E-state index contributed by atoms with van der Waals surface area (Å²) in [4.78, 5) is 4.05. The zero-order chi connectivity index (χ0) is 13.0. The van der Waals surface area contributed by atoms with Gasteiger partial charge in [-0.15, -0.1) is 0 Å². The van der Waals surface area contributed by atoms with Crippen molar-refractivity contribution in [1.82, 2.24) is 19.3 Å². The Labute approximate surface area is 105 Å². The zero-order valence-corrected chi connectivity index (χ0v) is 10.2. The molecule has 0 radical (unpaired) electrons. The van der Waals surface area contributed by atoms with E-state index in [0.717, 1.165) is 11.4 Å². The summed E-state index contributed by atoms with van der Waals surface area (Å²) in [6, 6.07) is -0.449. The fourth-order valence-electron chi connectivity index (χ4n) is 1.67. The van der Waals surface area contributed by atoms with Crippen LogP contribution in [0, 0.1) is 0 Å². The second-order valence-electron chi connectivity index (χ2n) is 3.93. The molecule has 0 spiro atoms. The average molecular weight is 251 g/mol. The van der Waals surface area contributed by atoms with Gasteiger partial charge < -0.3 is 15.6 Å². The number of methoxy groups -OCH3 is 1. The third-order valence-electron chi connectivity index (χ3n) is 2.67. The van der Waals surface area contributed by atoms with Crippen molar-refractivity contribution in [1.29, 1.82) is 0 Å². The molecule has 0 saturated carbocycles.